The van der Waals surface area contributed by atoms with Gasteiger partial charge >= 0.3 is 0 Å². The van der Waals surface area contributed by atoms with E-state index in [-0.39, 0.29) is 24.1 Å². The van der Waals surface area contributed by atoms with Crippen LogP contribution in [0.1, 0.15) is 29.4 Å². The van der Waals surface area contributed by atoms with Gasteiger partial charge < -0.3 is 10.6 Å². The van der Waals surface area contributed by atoms with Crippen LogP contribution < -0.4 is 10.6 Å². The molecule has 0 saturated heterocycles. The van der Waals surface area contributed by atoms with Crippen LogP contribution >= 0.6 is 23.7 Å². The molecule has 0 aliphatic heterocycles. The lowest BCUT2D eigenvalue weighted by atomic mass is 10.4. The van der Waals surface area contributed by atoms with E-state index in [1.807, 2.05) is 0 Å². The summed E-state index contributed by atoms with van der Waals surface area (Å²) in [5.74, 6) is 0.608. The van der Waals surface area contributed by atoms with E-state index in [4.69, 9.17) is 0 Å². The summed E-state index contributed by atoms with van der Waals surface area (Å²) in [6.45, 7) is 2.69. The zero-order chi connectivity index (χ0) is 12.3. The molecule has 1 aromatic rings. The largest absolute Gasteiger partial charge is 0.308 e. The second-order valence-corrected chi connectivity index (χ2v) is 5.24. The average molecular weight is 290 g/mol. The van der Waals surface area contributed by atoms with Crippen molar-refractivity contribution in [2.24, 2.45) is 5.92 Å². The molecule has 0 spiro atoms. The van der Waals surface area contributed by atoms with Crippen molar-refractivity contribution in [2.75, 3.05) is 18.4 Å². The highest BCUT2D eigenvalue weighted by Gasteiger charge is 2.20. The van der Waals surface area contributed by atoms with Crippen molar-refractivity contribution in [1.82, 2.24) is 10.3 Å². The molecular weight excluding hydrogens is 274 g/mol. The van der Waals surface area contributed by atoms with E-state index < -0.39 is 0 Å². The second kappa shape index (κ2) is 6.82. The minimum atomic E-state index is -0.116. The maximum atomic E-state index is 11.5. The van der Waals surface area contributed by atoms with Gasteiger partial charge in [-0.05, 0) is 25.3 Å². The Hall–Kier alpha value is -0.980. The summed E-state index contributed by atoms with van der Waals surface area (Å²) >= 11 is 1.20. The van der Waals surface area contributed by atoms with Crippen molar-refractivity contribution in [2.45, 2.75) is 19.8 Å². The molecule has 1 aliphatic carbocycles. The summed E-state index contributed by atoms with van der Waals surface area (Å²) in [7, 11) is 0. The first-order valence-electron chi connectivity index (χ1n) is 5.62. The Kier molecular flexibility index (Phi) is 5.71. The SMILES string of the molecule is CC(=O)c1cnc(NC(=O)CNCC2CC2)s1.Cl. The van der Waals surface area contributed by atoms with Crippen LogP contribution in [0.3, 0.4) is 0 Å². The number of carbonyl (C=O) groups is 2. The molecule has 0 bridgehead atoms. The van der Waals surface area contributed by atoms with E-state index in [1.165, 1.54) is 37.3 Å². The number of hydrogen-bond donors (Lipinski definition) is 2. The number of aromatic nitrogens is 1. The van der Waals surface area contributed by atoms with E-state index in [1.54, 1.807) is 0 Å². The third-order valence-corrected chi connectivity index (χ3v) is 3.53. The van der Waals surface area contributed by atoms with E-state index in [0.717, 1.165) is 12.5 Å². The molecule has 1 saturated carbocycles. The van der Waals surface area contributed by atoms with Crippen LogP contribution in [0.5, 0.6) is 0 Å². The topological polar surface area (TPSA) is 71.1 Å². The summed E-state index contributed by atoms with van der Waals surface area (Å²) in [6.07, 6.45) is 4.02. The normalized spacial score (nSPS) is 13.8. The van der Waals surface area contributed by atoms with Gasteiger partial charge in [0.15, 0.2) is 10.9 Å². The van der Waals surface area contributed by atoms with E-state index in [0.29, 0.717) is 16.6 Å². The van der Waals surface area contributed by atoms with Crippen LogP contribution in [0.15, 0.2) is 6.20 Å². The van der Waals surface area contributed by atoms with Gasteiger partial charge in [0.25, 0.3) is 0 Å². The summed E-state index contributed by atoms with van der Waals surface area (Å²) in [5.41, 5.74) is 0. The molecule has 0 atom stereocenters. The highest BCUT2D eigenvalue weighted by molar-refractivity contribution is 7.17. The van der Waals surface area contributed by atoms with Crippen molar-refractivity contribution in [3.05, 3.63) is 11.1 Å². The number of nitrogens with one attached hydrogen (secondary N) is 2. The fourth-order valence-corrected chi connectivity index (χ4v) is 2.10. The minimum Gasteiger partial charge on any atom is -0.308 e. The number of nitrogens with zero attached hydrogens (tertiary/aromatic N) is 1. The van der Waals surface area contributed by atoms with Gasteiger partial charge in [-0.15, -0.1) is 12.4 Å². The molecule has 100 valence electrons. The van der Waals surface area contributed by atoms with Gasteiger partial charge in [0, 0.05) is 6.92 Å². The Bertz CT molecular complexity index is 432. The molecule has 0 radical (unpaired) electrons. The smallest absolute Gasteiger partial charge is 0.240 e. The van der Waals surface area contributed by atoms with Crippen molar-refractivity contribution < 1.29 is 9.59 Å². The zero-order valence-electron chi connectivity index (χ0n) is 10.1. The number of anilines is 1. The van der Waals surface area contributed by atoms with Crippen LogP contribution in [0, 0.1) is 5.92 Å². The summed E-state index contributed by atoms with van der Waals surface area (Å²) in [4.78, 5) is 27.1. The molecule has 1 fully saturated rings. The number of carbonyl (C=O) groups excluding carboxylic acids is 2. The molecule has 7 heteroatoms. The molecule has 0 unspecified atom stereocenters. The summed E-state index contributed by atoms with van der Waals surface area (Å²) in [6, 6.07) is 0. The van der Waals surface area contributed by atoms with Crippen LogP contribution in [0.4, 0.5) is 5.13 Å². The maximum Gasteiger partial charge on any atom is 0.240 e. The van der Waals surface area contributed by atoms with E-state index >= 15 is 0 Å². The number of rotatable bonds is 6. The van der Waals surface area contributed by atoms with Gasteiger partial charge in [-0.2, -0.15) is 0 Å². The average Bonchev–Trinajstić information content (AvgIpc) is 2.96. The molecule has 5 nitrogen and oxygen atoms in total. The highest BCUT2D eigenvalue weighted by Crippen LogP contribution is 2.27. The van der Waals surface area contributed by atoms with Gasteiger partial charge in [0.05, 0.1) is 17.6 Å². The Morgan fingerprint density at radius 2 is 2.22 bits per heavy atom. The number of ketones is 1. The number of Topliss-reactive ketones (excluding diaryl/α,β-unsaturated/α-hetero) is 1. The summed E-state index contributed by atoms with van der Waals surface area (Å²) in [5, 5.41) is 6.24. The molecule has 2 rings (SSSR count). The molecule has 1 aliphatic rings. The molecule has 1 heterocycles. The number of thiazole rings is 1. The third kappa shape index (κ3) is 4.72. The van der Waals surface area contributed by atoms with Gasteiger partial charge in [0.2, 0.25) is 5.91 Å². The number of amides is 1. The van der Waals surface area contributed by atoms with Crippen LogP contribution in [-0.4, -0.2) is 29.8 Å². The fraction of sp³-hybridized carbons (Fsp3) is 0.545. The predicted molar refractivity (Wildman–Crippen MR) is 73.6 cm³/mol. The first-order chi connectivity index (χ1) is 8.15. The molecule has 2 N–H and O–H groups in total. The molecule has 18 heavy (non-hydrogen) atoms. The first-order valence-corrected chi connectivity index (χ1v) is 6.44. The number of halogens is 1. The van der Waals surface area contributed by atoms with Gasteiger partial charge in [-0.3, -0.25) is 9.59 Å². The van der Waals surface area contributed by atoms with Crippen molar-refractivity contribution in [1.29, 1.82) is 0 Å². The van der Waals surface area contributed by atoms with Crippen molar-refractivity contribution in [3.63, 3.8) is 0 Å². The van der Waals surface area contributed by atoms with Gasteiger partial charge in [-0.25, -0.2) is 4.98 Å². The second-order valence-electron chi connectivity index (χ2n) is 4.21. The fourth-order valence-electron chi connectivity index (χ4n) is 1.37. The quantitative estimate of drug-likeness (QED) is 0.782. The zero-order valence-corrected chi connectivity index (χ0v) is 11.7. The Labute approximate surface area is 116 Å². The standard InChI is InChI=1S/C11H15N3O2S.ClH/c1-7(15)9-5-13-11(17-9)14-10(16)6-12-4-8-2-3-8;/h5,8,12H,2-4,6H2,1H3,(H,13,14,16);1H. The maximum absolute atomic E-state index is 11.5. The number of hydrogen-bond acceptors (Lipinski definition) is 5. The van der Waals surface area contributed by atoms with E-state index in [9.17, 15) is 9.59 Å². The molecule has 1 amide bonds. The lowest BCUT2D eigenvalue weighted by Crippen LogP contribution is -2.29. The van der Waals surface area contributed by atoms with Crippen LogP contribution in [0.25, 0.3) is 0 Å². The van der Waals surface area contributed by atoms with Crippen molar-refractivity contribution >= 4 is 40.6 Å². The highest BCUT2D eigenvalue weighted by atomic mass is 35.5. The lowest BCUT2D eigenvalue weighted by molar-refractivity contribution is -0.115. The molecule has 1 aromatic heterocycles. The lowest BCUT2D eigenvalue weighted by Gasteiger charge is -2.02. The Morgan fingerprint density at radius 3 is 2.78 bits per heavy atom. The minimum absolute atomic E-state index is 0. The van der Waals surface area contributed by atoms with Gasteiger partial charge in [0.1, 0.15) is 0 Å². The first kappa shape index (κ1) is 15.1. The predicted octanol–water partition coefficient (Wildman–Crippen LogP) is 1.71. The van der Waals surface area contributed by atoms with Gasteiger partial charge in [-0.1, -0.05) is 11.3 Å². The van der Waals surface area contributed by atoms with Crippen molar-refractivity contribution in [3.8, 4) is 0 Å². The molecular formula is C11H16ClN3O2S. The Balaban J connectivity index is 0.00000162. The summed E-state index contributed by atoms with van der Waals surface area (Å²) < 4.78 is 0. The third-order valence-electron chi connectivity index (χ3n) is 2.51. The van der Waals surface area contributed by atoms with Crippen LogP contribution in [-0.2, 0) is 4.79 Å². The van der Waals surface area contributed by atoms with Crippen LogP contribution in [0.2, 0.25) is 0 Å². The monoisotopic (exact) mass is 289 g/mol. The Morgan fingerprint density at radius 1 is 1.50 bits per heavy atom. The van der Waals surface area contributed by atoms with E-state index in [2.05, 4.69) is 15.6 Å². The molecule has 0 aromatic carbocycles.